The molecule has 0 saturated heterocycles. The highest BCUT2D eigenvalue weighted by atomic mass is 15.2. The summed E-state index contributed by atoms with van der Waals surface area (Å²) in [4.78, 5) is 2.70. The van der Waals surface area contributed by atoms with E-state index in [2.05, 4.69) is 38.0 Å². The molecule has 0 aromatic heterocycles. The summed E-state index contributed by atoms with van der Waals surface area (Å²) in [6.07, 6.45) is 6.75. The van der Waals surface area contributed by atoms with Crippen LogP contribution >= 0.6 is 0 Å². The van der Waals surface area contributed by atoms with Gasteiger partial charge in [-0.2, -0.15) is 0 Å². The Morgan fingerprint density at radius 3 is 2.20 bits per heavy atom. The second kappa shape index (κ2) is 6.49. The summed E-state index contributed by atoms with van der Waals surface area (Å²) < 4.78 is 0. The van der Waals surface area contributed by atoms with E-state index < -0.39 is 0 Å². The third-order valence-electron chi connectivity index (χ3n) is 3.72. The number of rotatable bonds is 5. The lowest BCUT2D eigenvalue weighted by Crippen LogP contribution is -2.45. The quantitative estimate of drug-likeness (QED) is 0.753. The molecule has 1 aliphatic carbocycles. The minimum absolute atomic E-state index is 0.709. The van der Waals surface area contributed by atoms with E-state index >= 15 is 0 Å². The van der Waals surface area contributed by atoms with Crippen LogP contribution in [0.4, 0.5) is 0 Å². The Bertz CT molecular complexity index is 160. The third kappa shape index (κ3) is 3.76. The first kappa shape index (κ1) is 13.0. The first-order chi connectivity index (χ1) is 7.19. The van der Waals surface area contributed by atoms with Gasteiger partial charge in [0.2, 0.25) is 0 Å². The molecule has 15 heavy (non-hydrogen) atoms. The highest BCUT2D eigenvalue weighted by Gasteiger charge is 2.25. The molecule has 0 aliphatic heterocycles. The highest BCUT2D eigenvalue weighted by molar-refractivity contribution is 4.83. The molecule has 1 aliphatic rings. The predicted octanol–water partition coefficient (Wildman–Crippen LogP) is 2.64. The van der Waals surface area contributed by atoms with Crippen molar-refractivity contribution >= 4 is 0 Å². The summed E-state index contributed by atoms with van der Waals surface area (Å²) >= 11 is 0. The molecular weight excluding hydrogens is 184 g/mol. The molecule has 1 rings (SSSR count). The molecule has 1 fully saturated rings. The van der Waals surface area contributed by atoms with Crippen molar-refractivity contribution in [3.63, 3.8) is 0 Å². The van der Waals surface area contributed by atoms with Crippen LogP contribution < -0.4 is 5.32 Å². The topological polar surface area (TPSA) is 15.3 Å². The molecule has 2 heteroatoms. The lowest BCUT2D eigenvalue weighted by molar-refractivity contribution is 0.112. The van der Waals surface area contributed by atoms with Crippen LogP contribution in [0.15, 0.2) is 0 Å². The van der Waals surface area contributed by atoms with Crippen LogP contribution in [0.3, 0.4) is 0 Å². The van der Waals surface area contributed by atoms with Crippen LogP contribution in [0, 0.1) is 0 Å². The van der Waals surface area contributed by atoms with Crippen molar-refractivity contribution in [2.24, 2.45) is 0 Å². The molecule has 0 aromatic carbocycles. The van der Waals surface area contributed by atoms with Gasteiger partial charge < -0.3 is 5.32 Å². The fourth-order valence-electron chi connectivity index (χ4n) is 2.82. The van der Waals surface area contributed by atoms with E-state index in [1.165, 1.54) is 38.6 Å². The minimum atomic E-state index is 0.709. The van der Waals surface area contributed by atoms with Gasteiger partial charge in [0, 0.05) is 18.1 Å². The van der Waals surface area contributed by atoms with Gasteiger partial charge in [-0.3, -0.25) is 4.90 Å². The zero-order valence-corrected chi connectivity index (χ0v) is 10.9. The lowest BCUT2D eigenvalue weighted by Gasteiger charge is -2.39. The highest BCUT2D eigenvalue weighted by Crippen LogP contribution is 2.24. The molecule has 0 radical (unpaired) electrons. The Labute approximate surface area is 95.4 Å². The SMILES string of the molecule is CCCN(C(C)C)C1CCC(NC)CC1. The van der Waals surface area contributed by atoms with Gasteiger partial charge >= 0.3 is 0 Å². The van der Waals surface area contributed by atoms with Crippen molar-refractivity contribution in [2.75, 3.05) is 13.6 Å². The smallest absolute Gasteiger partial charge is 0.00991 e. The van der Waals surface area contributed by atoms with E-state index in [4.69, 9.17) is 0 Å². The maximum absolute atomic E-state index is 3.41. The van der Waals surface area contributed by atoms with Gasteiger partial charge in [0.25, 0.3) is 0 Å². The van der Waals surface area contributed by atoms with Gasteiger partial charge in [0.15, 0.2) is 0 Å². The molecule has 2 nitrogen and oxygen atoms in total. The normalized spacial score (nSPS) is 27.6. The number of nitrogens with zero attached hydrogens (tertiary/aromatic N) is 1. The van der Waals surface area contributed by atoms with E-state index in [0.717, 1.165) is 12.1 Å². The van der Waals surface area contributed by atoms with Crippen LogP contribution in [-0.2, 0) is 0 Å². The van der Waals surface area contributed by atoms with Gasteiger partial charge in [-0.05, 0) is 59.5 Å². The summed E-state index contributed by atoms with van der Waals surface area (Å²) in [7, 11) is 2.09. The molecular formula is C13H28N2. The third-order valence-corrected chi connectivity index (χ3v) is 3.72. The Morgan fingerprint density at radius 2 is 1.80 bits per heavy atom. The zero-order valence-electron chi connectivity index (χ0n) is 10.9. The lowest BCUT2D eigenvalue weighted by atomic mass is 9.89. The molecule has 1 saturated carbocycles. The molecule has 0 aromatic rings. The maximum atomic E-state index is 3.41. The molecule has 0 spiro atoms. The first-order valence-electron chi connectivity index (χ1n) is 6.62. The standard InChI is InChI=1S/C13H28N2/c1-5-10-15(11(2)3)13-8-6-12(14-4)7-9-13/h11-14H,5-10H2,1-4H3. The van der Waals surface area contributed by atoms with Crippen LogP contribution in [0.5, 0.6) is 0 Å². The average Bonchev–Trinajstić information content (AvgIpc) is 2.26. The van der Waals surface area contributed by atoms with Crippen molar-refractivity contribution in [3.05, 3.63) is 0 Å². The fourth-order valence-corrected chi connectivity index (χ4v) is 2.82. The number of nitrogens with one attached hydrogen (secondary N) is 1. The molecule has 0 atom stereocenters. The van der Waals surface area contributed by atoms with E-state index in [1.807, 2.05) is 0 Å². The van der Waals surface area contributed by atoms with E-state index in [9.17, 15) is 0 Å². The largest absolute Gasteiger partial charge is 0.317 e. The Hall–Kier alpha value is -0.0800. The van der Waals surface area contributed by atoms with Gasteiger partial charge in [-0.25, -0.2) is 0 Å². The van der Waals surface area contributed by atoms with Gasteiger partial charge in [0.1, 0.15) is 0 Å². The van der Waals surface area contributed by atoms with Crippen molar-refractivity contribution in [3.8, 4) is 0 Å². The zero-order chi connectivity index (χ0) is 11.3. The summed E-state index contributed by atoms with van der Waals surface area (Å²) in [6, 6.07) is 2.33. The van der Waals surface area contributed by atoms with Gasteiger partial charge in [-0.1, -0.05) is 6.92 Å². The van der Waals surface area contributed by atoms with Crippen molar-refractivity contribution < 1.29 is 0 Å². The van der Waals surface area contributed by atoms with Crippen molar-refractivity contribution in [1.29, 1.82) is 0 Å². The Balaban J connectivity index is 2.41. The fraction of sp³-hybridized carbons (Fsp3) is 1.00. The molecule has 90 valence electrons. The summed E-state index contributed by atoms with van der Waals surface area (Å²) in [5, 5.41) is 3.41. The van der Waals surface area contributed by atoms with Crippen LogP contribution in [0.1, 0.15) is 52.9 Å². The van der Waals surface area contributed by atoms with Crippen LogP contribution in [0.2, 0.25) is 0 Å². The van der Waals surface area contributed by atoms with Crippen molar-refractivity contribution in [1.82, 2.24) is 10.2 Å². The Kier molecular flexibility index (Phi) is 5.62. The maximum Gasteiger partial charge on any atom is 0.00991 e. The molecule has 0 bridgehead atoms. The second-order valence-electron chi connectivity index (χ2n) is 5.13. The van der Waals surface area contributed by atoms with Crippen LogP contribution in [-0.4, -0.2) is 36.6 Å². The van der Waals surface area contributed by atoms with E-state index in [1.54, 1.807) is 0 Å². The number of hydrogen-bond acceptors (Lipinski definition) is 2. The van der Waals surface area contributed by atoms with Gasteiger partial charge in [0.05, 0.1) is 0 Å². The Morgan fingerprint density at radius 1 is 1.20 bits per heavy atom. The summed E-state index contributed by atoms with van der Waals surface area (Å²) in [6.45, 7) is 8.22. The summed E-state index contributed by atoms with van der Waals surface area (Å²) in [5.41, 5.74) is 0. The monoisotopic (exact) mass is 212 g/mol. The molecule has 1 N–H and O–H groups in total. The summed E-state index contributed by atoms with van der Waals surface area (Å²) in [5.74, 6) is 0. The minimum Gasteiger partial charge on any atom is -0.317 e. The number of hydrogen-bond donors (Lipinski definition) is 1. The van der Waals surface area contributed by atoms with Crippen LogP contribution in [0.25, 0.3) is 0 Å². The molecule has 0 amide bonds. The van der Waals surface area contributed by atoms with Gasteiger partial charge in [-0.15, -0.1) is 0 Å². The molecule has 0 heterocycles. The van der Waals surface area contributed by atoms with Crippen molar-refractivity contribution in [2.45, 2.75) is 71.0 Å². The second-order valence-corrected chi connectivity index (χ2v) is 5.13. The average molecular weight is 212 g/mol. The van der Waals surface area contributed by atoms with E-state index in [-0.39, 0.29) is 0 Å². The van der Waals surface area contributed by atoms with E-state index in [0.29, 0.717) is 6.04 Å². The molecule has 0 unspecified atom stereocenters. The first-order valence-corrected chi connectivity index (χ1v) is 6.62. The predicted molar refractivity (Wildman–Crippen MR) is 67.2 cm³/mol.